The molecule has 1 amide bonds. The van der Waals surface area contributed by atoms with E-state index in [0.29, 0.717) is 15.7 Å². The van der Waals surface area contributed by atoms with Gasteiger partial charge in [0.25, 0.3) is 5.91 Å². The van der Waals surface area contributed by atoms with Crippen molar-refractivity contribution in [3.8, 4) is 0 Å². The molecule has 120 valence electrons. The lowest BCUT2D eigenvalue weighted by molar-refractivity contribution is -0.152. The number of carbonyl (C=O) groups is 2. The molecule has 4 nitrogen and oxygen atoms in total. The zero-order valence-electron chi connectivity index (χ0n) is 12.4. The molecular weight excluding hydrogens is 337 g/mol. The summed E-state index contributed by atoms with van der Waals surface area (Å²) in [6.07, 6.45) is -0.814. The van der Waals surface area contributed by atoms with E-state index in [4.69, 9.17) is 27.9 Å². The standard InChI is InChI=1S/C17H15Cl2NO3/c1-11(23-16(21)7-12-5-3-2-4-6-12)17(22)20-15-9-13(18)8-14(19)10-15/h2-6,8-11H,7H2,1H3,(H,20,22)/t11-/m0/s1. The molecule has 0 unspecified atom stereocenters. The highest BCUT2D eigenvalue weighted by molar-refractivity contribution is 6.35. The molecule has 0 aliphatic rings. The average molecular weight is 352 g/mol. The van der Waals surface area contributed by atoms with Gasteiger partial charge in [0, 0.05) is 15.7 Å². The third kappa shape index (κ3) is 5.58. The van der Waals surface area contributed by atoms with Crippen molar-refractivity contribution in [2.24, 2.45) is 0 Å². The molecular formula is C17H15Cl2NO3. The van der Waals surface area contributed by atoms with E-state index < -0.39 is 18.0 Å². The van der Waals surface area contributed by atoms with Gasteiger partial charge in [0.05, 0.1) is 6.42 Å². The summed E-state index contributed by atoms with van der Waals surface area (Å²) >= 11 is 11.7. The van der Waals surface area contributed by atoms with Crippen molar-refractivity contribution in [3.63, 3.8) is 0 Å². The van der Waals surface area contributed by atoms with Gasteiger partial charge in [-0.05, 0) is 30.7 Å². The molecule has 6 heteroatoms. The normalized spacial score (nSPS) is 11.6. The lowest BCUT2D eigenvalue weighted by Gasteiger charge is -2.14. The smallest absolute Gasteiger partial charge is 0.311 e. The van der Waals surface area contributed by atoms with E-state index in [0.717, 1.165) is 5.56 Å². The first-order valence-corrected chi connectivity index (χ1v) is 7.70. The Kier molecular flexibility index (Phi) is 6.02. The molecule has 1 N–H and O–H groups in total. The Balaban J connectivity index is 1.90. The minimum Gasteiger partial charge on any atom is -0.452 e. The number of hydrogen-bond donors (Lipinski definition) is 1. The number of amides is 1. The third-order valence-electron chi connectivity index (χ3n) is 3.00. The molecule has 0 bridgehead atoms. The fourth-order valence-corrected chi connectivity index (χ4v) is 2.45. The molecule has 0 aliphatic heterocycles. The van der Waals surface area contributed by atoms with Gasteiger partial charge in [0.2, 0.25) is 0 Å². The van der Waals surface area contributed by atoms with Crippen LogP contribution in [-0.2, 0) is 20.7 Å². The van der Waals surface area contributed by atoms with Crippen LogP contribution < -0.4 is 5.32 Å². The fraction of sp³-hybridized carbons (Fsp3) is 0.176. The number of carbonyl (C=O) groups excluding carboxylic acids is 2. The predicted molar refractivity (Wildman–Crippen MR) is 90.8 cm³/mol. The van der Waals surface area contributed by atoms with E-state index >= 15 is 0 Å². The predicted octanol–water partition coefficient (Wildman–Crippen LogP) is 4.11. The van der Waals surface area contributed by atoms with Crippen molar-refractivity contribution in [1.29, 1.82) is 0 Å². The molecule has 2 aromatic rings. The van der Waals surface area contributed by atoms with Crippen LogP contribution in [0.15, 0.2) is 48.5 Å². The van der Waals surface area contributed by atoms with Crippen molar-refractivity contribution in [2.45, 2.75) is 19.4 Å². The largest absolute Gasteiger partial charge is 0.452 e. The number of nitrogens with one attached hydrogen (secondary N) is 1. The van der Waals surface area contributed by atoms with Crippen LogP contribution in [0.2, 0.25) is 10.0 Å². The lowest BCUT2D eigenvalue weighted by Crippen LogP contribution is -2.30. The molecule has 0 saturated heterocycles. The summed E-state index contributed by atoms with van der Waals surface area (Å²) in [5, 5.41) is 3.42. The first-order valence-electron chi connectivity index (χ1n) is 6.94. The Labute approximate surface area is 144 Å². The van der Waals surface area contributed by atoms with Crippen molar-refractivity contribution in [2.75, 3.05) is 5.32 Å². The monoisotopic (exact) mass is 351 g/mol. The van der Waals surface area contributed by atoms with Gasteiger partial charge < -0.3 is 10.1 Å². The van der Waals surface area contributed by atoms with Gasteiger partial charge in [-0.15, -0.1) is 0 Å². The first-order chi connectivity index (χ1) is 10.9. The molecule has 0 saturated carbocycles. The van der Waals surface area contributed by atoms with Crippen molar-refractivity contribution in [3.05, 3.63) is 64.1 Å². The number of ether oxygens (including phenoxy) is 1. The van der Waals surface area contributed by atoms with Crippen LogP contribution in [0.4, 0.5) is 5.69 Å². The Morgan fingerprint density at radius 2 is 1.70 bits per heavy atom. The quantitative estimate of drug-likeness (QED) is 0.824. The fourth-order valence-electron chi connectivity index (χ4n) is 1.92. The molecule has 2 aromatic carbocycles. The van der Waals surface area contributed by atoms with E-state index in [2.05, 4.69) is 5.32 Å². The SMILES string of the molecule is C[C@H](OC(=O)Cc1ccccc1)C(=O)Nc1cc(Cl)cc(Cl)c1. The lowest BCUT2D eigenvalue weighted by atomic mass is 10.1. The summed E-state index contributed by atoms with van der Waals surface area (Å²) in [6.45, 7) is 1.50. The maximum atomic E-state index is 12.0. The van der Waals surface area contributed by atoms with Gasteiger partial charge >= 0.3 is 5.97 Å². The van der Waals surface area contributed by atoms with Gasteiger partial charge in [0.1, 0.15) is 0 Å². The van der Waals surface area contributed by atoms with E-state index in [1.54, 1.807) is 18.2 Å². The van der Waals surface area contributed by atoms with Crippen molar-refractivity contribution >= 4 is 40.8 Å². The van der Waals surface area contributed by atoms with Crippen LogP contribution in [0, 0.1) is 0 Å². The van der Waals surface area contributed by atoms with Crippen LogP contribution in [0.25, 0.3) is 0 Å². The van der Waals surface area contributed by atoms with Crippen LogP contribution in [0.3, 0.4) is 0 Å². The molecule has 0 heterocycles. The zero-order chi connectivity index (χ0) is 16.8. The minimum absolute atomic E-state index is 0.113. The minimum atomic E-state index is -0.927. The number of anilines is 1. The maximum Gasteiger partial charge on any atom is 0.311 e. The Bertz CT molecular complexity index is 684. The summed E-state index contributed by atoms with van der Waals surface area (Å²) in [4.78, 5) is 23.9. The Morgan fingerprint density at radius 3 is 2.30 bits per heavy atom. The maximum absolute atomic E-state index is 12.0. The van der Waals surface area contributed by atoms with E-state index in [-0.39, 0.29) is 6.42 Å². The van der Waals surface area contributed by atoms with Crippen LogP contribution >= 0.6 is 23.2 Å². The van der Waals surface area contributed by atoms with Gasteiger partial charge in [0.15, 0.2) is 6.10 Å². The summed E-state index contributed by atoms with van der Waals surface area (Å²) < 4.78 is 5.13. The van der Waals surface area contributed by atoms with Crippen LogP contribution in [0.5, 0.6) is 0 Å². The third-order valence-corrected chi connectivity index (χ3v) is 3.44. The highest BCUT2D eigenvalue weighted by Crippen LogP contribution is 2.22. The molecule has 0 radical (unpaired) electrons. The van der Waals surface area contributed by atoms with Gasteiger partial charge in [-0.1, -0.05) is 53.5 Å². The topological polar surface area (TPSA) is 55.4 Å². The molecule has 2 rings (SSSR count). The second kappa shape index (κ2) is 7.99. The van der Waals surface area contributed by atoms with Crippen molar-refractivity contribution < 1.29 is 14.3 Å². The highest BCUT2D eigenvalue weighted by atomic mass is 35.5. The summed E-state index contributed by atoms with van der Waals surface area (Å²) in [5.41, 5.74) is 1.27. The van der Waals surface area contributed by atoms with E-state index in [1.165, 1.54) is 6.92 Å². The number of benzene rings is 2. The second-order valence-corrected chi connectivity index (χ2v) is 5.81. The number of hydrogen-bond acceptors (Lipinski definition) is 3. The molecule has 0 aromatic heterocycles. The molecule has 23 heavy (non-hydrogen) atoms. The molecule has 0 fully saturated rings. The Morgan fingerprint density at radius 1 is 1.09 bits per heavy atom. The number of rotatable bonds is 5. The van der Waals surface area contributed by atoms with E-state index in [1.807, 2.05) is 30.3 Å². The van der Waals surface area contributed by atoms with Crippen molar-refractivity contribution in [1.82, 2.24) is 0 Å². The average Bonchev–Trinajstić information content (AvgIpc) is 2.46. The van der Waals surface area contributed by atoms with Crippen LogP contribution in [0.1, 0.15) is 12.5 Å². The number of halogens is 2. The second-order valence-electron chi connectivity index (χ2n) is 4.94. The van der Waals surface area contributed by atoms with E-state index in [9.17, 15) is 9.59 Å². The number of esters is 1. The highest BCUT2D eigenvalue weighted by Gasteiger charge is 2.18. The van der Waals surface area contributed by atoms with Gasteiger partial charge in [-0.2, -0.15) is 0 Å². The summed E-state index contributed by atoms with van der Waals surface area (Å²) in [5.74, 6) is -0.923. The van der Waals surface area contributed by atoms with Gasteiger partial charge in [-0.25, -0.2) is 0 Å². The Hall–Kier alpha value is -2.04. The zero-order valence-corrected chi connectivity index (χ0v) is 13.9. The first kappa shape index (κ1) is 17.3. The molecule has 1 atom stereocenters. The molecule has 0 spiro atoms. The van der Waals surface area contributed by atoms with Crippen LogP contribution in [-0.4, -0.2) is 18.0 Å². The summed E-state index contributed by atoms with van der Waals surface area (Å²) in [7, 11) is 0. The summed E-state index contributed by atoms with van der Waals surface area (Å²) in [6, 6.07) is 13.8. The molecule has 0 aliphatic carbocycles. The van der Waals surface area contributed by atoms with Gasteiger partial charge in [-0.3, -0.25) is 9.59 Å².